The van der Waals surface area contributed by atoms with Crippen molar-refractivity contribution in [1.29, 1.82) is 0 Å². The number of rotatable bonds is 6. The fraction of sp³-hybridized carbons (Fsp3) is 0.214. The Labute approximate surface area is 133 Å². The van der Waals surface area contributed by atoms with E-state index in [1.165, 1.54) is 17.8 Å². The van der Waals surface area contributed by atoms with Gasteiger partial charge in [-0.1, -0.05) is 12.1 Å². The van der Waals surface area contributed by atoms with Crippen LogP contribution < -0.4 is 5.32 Å². The van der Waals surface area contributed by atoms with Gasteiger partial charge in [-0.3, -0.25) is 4.79 Å². The van der Waals surface area contributed by atoms with E-state index in [0.29, 0.717) is 23.6 Å². The molecule has 0 atom stereocenters. The molecular weight excluding hydrogens is 361 g/mol. The van der Waals surface area contributed by atoms with Gasteiger partial charge in [0.05, 0.1) is 10.3 Å². The summed E-state index contributed by atoms with van der Waals surface area (Å²) >= 11 is 6.34. The molecule has 0 saturated carbocycles. The molecule has 0 saturated heterocycles. The minimum absolute atomic E-state index is 0.0154. The van der Waals surface area contributed by atoms with Gasteiger partial charge < -0.3 is 5.32 Å². The Morgan fingerprint density at radius 3 is 2.80 bits per heavy atom. The van der Waals surface area contributed by atoms with Crippen molar-refractivity contribution < 1.29 is 9.18 Å². The highest BCUT2D eigenvalue weighted by atomic mass is 79.9. The minimum atomic E-state index is -0.235. The van der Waals surface area contributed by atoms with Gasteiger partial charge in [-0.05, 0) is 40.2 Å². The second kappa shape index (κ2) is 7.81. The van der Waals surface area contributed by atoms with E-state index < -0.39 is 0 Å². The van der Waals surface area contributed by atoms with E-state index in [-0.39, 0.29) is 11.7 Å². The number of amides is 1. The predicted octanol–water partition coefficient (Wildman–Crippen LogP) is 4.45. The van der Waals surface area contributed by atoms with Crippen molar-refractivity contribution in [3.8, 4) is 0 Å². The van der Waals surface area contributed by atoms with Crippen LogP contribution in [0.15, 0.2) is 45.1 Å². The number of hydrogen-bond acceptors (Lipinski definition) is 3. The van der Waals surface area contributed by atoms with Crippen LogP contribution in [0.5, 0.6) is 0 Å². The van der Waals surface area contributed by atoms with E-state index in [1.54, 1.807) is 29.5 Å². The zero-order valence-corrected chi connectivity index (χ0v) is 13.8. The summed E-state index contributed by atoms with van der Waals surface area (Å²) in [4.78, 5) is 13.4. The molecule has 6 heteroatoms. The van der Waals surface area contributed by atoms with Gasteiger partial charge in [-0.2, -0.15) is 0 Å². The topological polar surface area (TPSA) is 29.1 Å². The molecule has 2 rings (SSSR count). The highest BCUT2D eigenvalue weighted by Crippen LogP contribution is 2.23. The number of nitrogens with one attached hydrogen (secondary N) is 1. The molecule has 0 radical (unpaired) electrons. The third-order valence-corrected chi connectivity index (χ3v) is 5.19. The van der Waals surface area contributed by atoms with E-state index in [0.717, 1.165) is 8.66 Å². The molecule has 1 aromatic carbocycles. The van der Waals surface area contributed by atoms with Crippen molar-refractivity contribution in [2.45, 2.75) is 17.9 Å². The molecule has 0 unspecified atom stereocenters. The highest BCUT2D eigenvalue weighted by molar-refractivity contribution is 9.11. The lowest BCUT2D eigenvalue weighted by Gasteiger charge is -2.04. The van der Waals surface area contributed by atoms with Crippen LogP contribution in [0.25, 0.3) is 0 Å². The lowest BCUT2D eigenvalue weighted by molar-refractivity contribution is -0.120. The summed E-state index contributed by atoms with van der Waals surface area (Å²) in [5.74, 6) is 0.320. The van der Waals surface area contributed by atoms with Gasteiger partial charge in [-0.25, -0.2) is 4.39 Å². The molecule has 1 amide bonds. The van der Waals surface area contributed by atoms with Crippen LogP contribution in [-0.4, -0.2) is 11.7 Å². The second-order valence-corrected chi connectivity index (χ2v) is 7.70. The molecule has 0 aliphatic carbocycles. The van der Waals surface area contributed by atoms with Gasteiger partial charge in [0, 0.05) is 21.9 Å². The SMILES string of the molecule is O=C(CCSc1ccccc1F)NCc1ccc(Br)s1. The van der Waals surface area contributed by atoms with Crippen molar-refractivity contribution in [2.24, 2.45) is 0 Å². The monoisotopic (exact) mass is 373 g/mol. The molecule has 1 heterocycles. The first-order chi connectivity index (χ1) is 9.65. The highest BCUT2D eigenvalue weighted by Gasteiger charge is 2.05. The van der Waals surface area contributed by atoms with E-state index in [4.69, 9.17) is 0 Å². The molecule has 2 aromatic rings. The second-order valence-electron chi connectivity index (χ2n) is 4.01. The summed E-state index contributed by atoms with van der Waals surface area (Å²) in [6, 6.07) is 10.5. The summed E-state index contributed by atoms with van der Waals surface area (Å²) in [5, 5.41) is 2.86. The van der Waals surface area contributed by atoms with Gasteiger partial charge in [-0.15, -0.1) is 23.1 Å². The summed E-state index contributed by atoms with van der Waals surface area (Å²) in [5.41, 5.74) is 0. The van der Waals surface area contributed by atoms with Crippen molar-refractivity contribution in [3.63, 3.8) is 0 Å². The van der Waals surface area contributed by atoms with Crippen molar-refractivity contribution in [3.05, 3.63) is 50.9 Å². The summed E-state index contributed by atoms with van der Waals surface area (Å²) < 4.78 is 14.4. The molecule has 20 heavy (non-hydrogen) atoms. The van der Waals surface area contributed by atoms with Gasteiger partial charge in [0.15, 0.2) is 0 Å². The summed E-state index contributed by atoms with van der Waals surface area (Å²) in [7, 11) is 0. The maximum Gasteiger partial charge on any atom is 0.221 e. The Morgan fingerprint density at radius 2 is 2.10 bits per heavy atom. The number of halogens is 2. The number of carbonyl (C=O) groups is 1. The Bertz CT molecular complexity index is 588. The first-order valence-corrected chi connectivity index (χ1v) is 8.63. The maximum absolute atomic E-state index is 13.4. The molecule has 1 N–H and O–H groups in total. The summed E-state index contributed by atoms with van der Waals surface area (Å²) in [6.45, 7) is 0.541. The average Bonchev–Trinajstić information content (AvgIpc) is 2.84. The van der Waals surface area contributed by atoms with Crippen molar-refractivity contribution in [2.75, 3.05) is 5.75 Å². The first kappa shape index (κ1) is 15.5. The largest absolute Gasteiger partial charge is 0.351 e. The fourth-order valence-electron chi connectivity index (χ4n) is 1.54. The molecule has 0 spiro atoms. The Balaban J connectivity index is 1.69. The molecule has 0 aliphatic rings. The van der Waals surface area contributed by atoms with Crippen LogP contribution in [0.3, 0.4) is 0 Å². The van der Waals surface area contributed by atoms with E-state index in [1.807, 2.05) is 12.1 Å². The molecule has 2 nitrogen and oxygen atoms in total. The van der Waals surface area contributed by atoms with Crippen molar-refractivity contribution >= 4 is 44.9 Å². The van der Waals surface area contributed by atoms with Gasteiger partial charge in [0.2, 0.25) is 5.91 Å². The average molecular weight is 374 g/mol. The van der Waals surface area contributed by atoms with Crippen LogP contribution >= 0.6 is 39.0 Å². The third-order valence-electron chi connectivity index (χ3n) is 2.51. The number of benzene rings is 1. The van der Waals surface area contributed by atoms with E-state index in [9.17, 15) is 9.18 Å². The maximum atomic E-state index is 13.4. The molecular formula is C14H13BrFNOS2. The smallest absolute Gasteiger partial charge is 0.221 e. The van der Waals surface area contributed by atoms with E-state index in [2.05, 4.69) is 21.2 Å². The summed E-state index contributed by atoms with van der Waals surface area (Å²) in [6.07, 6.45) is 0.381. The molecule has 106 valence electrons. The predicted molar refractivity (Wildman–Crippen MR) is 85.6 cm³/mol. The van der Waals surface area contributed by atoms with Crippen molar-refractivity contribution in [1.82, 2.24) is 5.32 Å². The van der Waals surface area contributed by atoms with Crippen LogP contribution in [0.1, 0.15) is 11.3 Å². The van der Waals surface area contributed by atoms with Crippen LogP contribution in [0.4, 0.5) is 4.39 Å². The zero-order chi connectivity index (χ0) is 14.4. The van der Waals surface area contributed by atoms with Gasteiger partial charge in [0.1, 0.15) is 5.82 Å². The lowest BCUT2D eigenvalue weighted by Crippen LogP contribution is -2.22. The first-order valence-electron chi connectivity index (χ1n) is 6.03. The van der Waals surface area contributed by atoms with E-state index >= 15 is 0 Å². The normalized spacial score (nSPS) is 10.5. The molecule has 1 aromatic heterocycles. The Morgan fingerprint density at radius 1 is 1.30 bits per heavy atom. The third kappa shape index (κ3) is 4.92. The zero-order valence-electron chi connectivity index (χ0n) is 10.6. The standard InChI is InChI=1S/C14H13BrFNOS2/c15-13-6-5-10(20-13)9-17-14(18)7-8-19-12-4-2-1-3-11(12)16/h1-6H,7-9H2,(H,17,18). The number of hydrogen-bond donors (Lipinski definition) is 1. The quantitative estimate of drug-likeness (QED) is 0.757. The van der Waals surface area contributed by atoms with Crippen LogP contribution in [0.2, 0.25) is 0 Å². The molecule has 0 fully saturated rings. The lowest BCUT2D eigenvalue weighted by atomic mass is 10.3. The molecule has 0 aliphatic heterocycles. The van der Waals surface area contributed by atoms with Crippen LogP contribution in [-0.2, 0) is 11.3 Å². The molecule has 0 bridgehead atoms. The fourth-order valence-corrected chi connectivity index (χ4v) is 3.85. The number of thiophene rings is 1. The van der Waals surface area contributed by atoms with Gasteiger partial charge in [0.25, 0.3) is 0 Å². The number of thioether (sulfide) groups is 1. The van der Waals surface area contributed by atoms with Crippen LogP contribution in [0, 0.1) is 5.82 Å². The minimum Gasteiger partial charge on any atom is -0.351 e. The Kier molecular flexibility index (Phi) is 6.06. The Hall–Kier alpha value is -0.850. The number of carbonyl (C=O) groups excluding carboxylic acids is 1. The van der Waals surface area contributed by atoms with Gasteiger partial charge >= 0.3 is 0 Å².